The van der Waals surface area contributed by atoms with Crippen LogP contribution in [0.3, 0.4) is 0 Å². The Kier molecular flexibility index (Phi) is 6.96. The number of urea groups is 1. The van der Waals surface area contributed by atoms with Crippen molar-refractivity contribution in [1.29, 1.82) is 0 Å². The van der Waals surface area contributed by atoms with Gasteiger partial charge in [0.1, 0.15) is 17.5 Å². The quantitative estimate of drug-likeness (QED) is 0.363. The first-order valence-corrected chi connectivity index (χ1v) is 10.9. The molecule has 0 bridgehead atoms. The van der Waals surface area contributed by atoms with Crippen LogP contribution in [-0.2, 0) is 15.8 Å². The molecule has 194 valence electrons. The lowest BCUT2D eigenvalue weighted by Gasteiger charge is -2.32. The first kappa shape index (κ1) is 25.8. The van der Waals surface area contributed by atoms with Crippen LogP contribution < -0.4 is 15.4 Å². The Bertz CT molecular complexity index is 1290. The van der Waals surface area contributed by atoms with Crippen LogP contribution in [0.15, 0.2) is 42.0 Å². The van der Waals surface area contributed by atoms with Gasteiger partial charge in [-0.15, -0.1) is 0 Å². The van der Waals surface area contributed by atoms with Crippen molar-refractivity contribution in [2.75, 3.05) is 13.1 Å². The van der Waals surface area contributed by atoms with Crippen LogP contribution in [-0.4, -0.2) is 47.8 Å². The highest BCUT2D eigenvalue weighted by Crippen LogP contribution is 2.32. The highest BCUT2D eigenvalue weighted by atomic mass is 19.4. The van der Waals surface area contributed by atoms with Crippen LogP contribution in [0.25, 0.3) is 6.08 Å². The van der Waals surface area contributed by atoms with Gasteiger partial charge in [0, 0.05) is 31.5 Å². The maximum absolute atomic E-state index is 14.6. The van der Waals surface area contributed by atoms with Crippen LogP contribution in [0.1, 0.15) is 34.3 Å². The third kappa shape index (κ3) is 5.76. The second-order valence-electron chi connectivity index (χ2n) is 8.29. The summed E-state index contributed by atoms with van der Waals surface area (Å²) >= 11 is 0. The standard InChI is InChI=1S/C24H18F5N3O5/c25-17-11-13(2-3-16(17)24(27,28)29)22(35)32-7-5-14(6-8-32)37-19-4-1-12(10-18(19)26)9-15-20(33)30-23(36)31-21(15)34/h1-4,9-11,14H,5-8H2,(H2,30,31,33,34,36). The summed E-state index contributed by atoms with van der Waals surface area (Å²) in [5.74, 6) is -4.90. The van der Waals surface area contributed by atoms with E-state index < -0.39 is 53.2 Å². The summed E-state index contributed by atoms with van der Waals surface area (Å²) in [6, 6.07) is 4.78. The largest absolute Gasteiger partial charge is 0.487 e. The lowest BCUT2D eigenvalue weighted by atomic mass is 10.0. The van der Waals surface area contributed by atoms with Crippen molar-refractivity contribution in [3.8, 4) is 5.75 Å². The summed E-state index contributed by atoms with van der Waals surface area (Å²) in [7, 11) is 0. The number of ether oxygens (including phenoxy) is 1. The predicted octanol–water partition coefficient (Wildman–Crippen LogP) is 3.42. The maximum atomic E-state index is 14.6. The summed E-state index contributed by atoms with van der Waals surface area (Å²) in [4.78, 5) is 48.7. The molecule has 2 aromatic carbocycles. The first-order chi connectivity index (χ1) is 17.4. The Morgan fingerprint density at radius 3 is 2.16 bits per heavy atom. The zero-order chi connectivity index (χ0) is 26.9. The summed E-state index contributed by atoms with van der Waals surface area (Å²) in [6.45, 7) is 0.307. The summed E-state index contributed by atoms with van der Waals surface area (Å²) in [6.07, 6.45) is -3.67. The van der Waals surface area contributed by atoms with E-state index in [1.165, 1.54) is 17.0 Å². The molecule has 0 aliphatic carbocycles. The number of piperidine rings is 1. The molecule has 2 aliphatic heterocycles. The second-order valence-corrected chi connectivity index (χ2v) is 8.29. The second kappa shape index (κ2) is 9.99. The number of nitrogens with one attached hydrogen (secondary N) is 2. The van der Waals surface area contributed by atoms with E-state index in [1.54, 1.807) is 0 Å². The van der Waals surface area contributed by atoms with Gasteiger partial charge in [0.15, 0.2) is 11.6 Å². The molecule has 13 heteroatoms. The molecule has 0 spiro atoms. The van der Waals surface area contributed by atoms with E-state index in [2.05, 4.69) is 0 Å². The number of nitrogens with zero attached hydrogens (tertiary/aromatic N) is 1. The van der Waals surface area contributed by atoms with Gasteiger partial charge in [0.2, 0.25) is 0 Å². The van der Waals surface area contributed by atoms with Gasteiger partial charge >= 0.3 is 12.2 Å². The molecular weight excluding hydrogens is 505 g/mol. The SMILES string of the molecule is O=C1NC(=O)C(=Cc2ccc(OC3CCN(C(=O)c4ccc(C(F)(F)F)c(F)c4)CC3)c(F)c2)C(=O)N1. The minimum absolute atomic E-state index is 0.107. The number of carbonyl (C=O) groups is 4. The zero-order valence-electron chi connectivity index (χ0n) is 18.8. The Morgan fingerprint density at radius 2 is 1.59 bits per heavy atom. The number of likely N-dealkylation sites (tertiary alicyclic amines) is 1. The lowest BCUT2D eigenvalue weighted by molar-refractivity contribution is -0.140. The molecule has 2 aliphatic rings. The fraction of sp³-hybridized carbons (Fsp3) is 0.250. The molecule has 0 atom stereocenters. The van der Waals surface area contributed by atoms with Crippen LogP contribution in [0.5, 0.6) is 5.75 Å². The van der Waals surface area contributed by atoms with E-state index in [1.807, 2.05) is 10.6 Å². The molecule has 2 N–H and O–H groups in total. The Hall–Kier alpha value is -4.29. The average Bonchev–Trinajstić information content (AvgIpc) is 2.82. The van der Waals surface area contributed by atoms with Crippen molar-refractivity contribution >= 4 is 29.8 Å². The fourth-order valence-electron chi connectivity index (χ4n) is 3.89. The van der Waals surface area contributed by atoms with Crippen molar-refractivity contribution < 1.29 is 45.9 Å². The van der Waals surface area contributed by atoms with E-state index in [0.29, 0.717) is 12.1 Å². The number of halogens is 5. The molecule has 37 heavy (non-hydrogen) atoms. The van der Waals surface area contributed by atoms with Crippen LogP contribution >= 0.6 is 0 Å². The number of carbonyl (C=O) groups excluding carboxylic acids is 4. The van der Waals surface area contributed by atoms with E-state index >= 15 is 0 Å². The molecule has 8 nitrogen and oxygen atoms in total. The molecule has 0 unspecified atom stereocenters. The van der Waals surface area contributed by atoms with E-state index in [4.69, 9.17) is 4.74 Å². The molecule has 4 rings (SSSR count). The van der Waals surface area contributed by atoms with Gasteiger partial charge in [0.25, 0.3) is 17.7 Å². The number of rotatable bonds is 4. The smallest absolute Gasteiger partial charge is 0.419 e. The van der Waals surface area contributed by atoms with Gasteiger partial charge in [-0.25, -0.2) is 13.6 Å². The van der Waals surface area contributed by atoms with E-state index in [-0.39, 0.29) is 48.4 Å². The van der Waals surface area contributed by atoms with Gasteiger partial charge in [-0.2, -0.15) is 13.2 Å². The van der Waals surface area contributed by atoms with E-state index in [0.717, 1.165) is 18.2 Å². The molecule has 2 aromatic rings. The minimum atomic E-state index is -4.87. The summed E-state index contributed by atoms with van der Waals surface area (Å²) in [5, 5.41) is 3.81. The number of hydrogen-bond donors (Lipinski definition) is 2. The number of benzene rings is 2. The highest BCUT2D eigenvalue weighted by molar-refractivity contribution is 6.31. The summed E-state index contributed by atoms with van der Waals surface area (Å²) < 4.78 is 72.3. The predicted molar refractivity (Wildman–Crippen MR) is 117 cm³/mol. The molecular formula is C24H18F5N3O5. The van der Waals surface area contributed by atoms with Gasteiger partial charge in [-0.3, -0.25) is 25.0 Å². The zero-order valence-corrected chi connectivity index (χ0v) is 18.8. The van der Waals surface area contributed by atoms with Crippen molar-refractivity contribution in [1.82, 2.24) is 15.5 Å². The number of hydrogen-bond acceptors (Lipinski definition) is 5. The molecule has 2 fully saturated rings. The third-order valence-electron chi connectivity index (χ3n) is 5.75. The number of barbiturate groups is 1. The lowest BCUT2D eigenvalue weighted by Crippen LogP contribution is -2.51. The van der Waals surface area contributed by atoms with Crippen LogP contribution in [0.2, 0.25) is 0 Å². The van der Waals surface area contributed by atoms with Gasteiger partial charge in [-0.1, -0.05) is 6.07 Å². The van der Waals surface area contributed by atoms with Crippen LogP contribution in [0.4, 0.5) is 26.7 Å². The maximum Gasteiger partial charge on any atom is 0.419 e. The molecule has 0 saturated carbocycles. The molecule has 2 heterocycles. The minimum Gasteiger partial charge on any atom is -0.487 e. The average molecular weight is 523 g/mol. The fourth-order valence-corrected chi connectivity index (χ4v) is 3.89. The molecule has 0 radical (unpaired) electrons. The third-order valence-corrected chi connectivity index (χ3v) is 5.75. The van der Waals surface area contributed by atoms with E-state index in [9.17, 15) is 41.1 Å². The molecule has 2 saturated heterocycles. The normalized spacial score (nSPS) is 16.8. The Balaban J connectivity index is 1.36. The highest BCUT2D eigenvalue weighted by Gasteiger charge is 2.35. The first-order valence-electron chi connectivity index (χ1n) is 10.9. The number of alkyl halides is 3. The molecule has 0 aromatic heterocycles. The monoisotopic (exact) mass is 523 g/mol. The van der Waals surface area contributed by atoms with Gasteiger partial charge in [-0.05, 0) is 42.0 Å². The van der Waals surface area contributed by atoms with Crippen molar-refractivity contribution in [3.05, 3.63) is 70.3 Å². The number of imide groups is 2. The van der Waals surface area contributed by atoms with Gasteiger partial charge in [0.05, 0.1) is 5.56 Å². The van der Waals surface area contributed by atoms with Crippen LogP contribution in [0, 0.1) is 11.6 Å². The molecule has 5 amide bonds. The van der Waals surface area contributed by atoms with Crippen molar-refractivity contribution in [3.63, 3.8) is 0 Å². The Morgan fingerprint density at radius 1 is 0.946 bits per heavy atom. The number of amides is 5. The van der Waals surface area contributed by atoms with Crippen molar-refractivity contribution in [2.45, 2.75) is 25.1 Å². The Labute approximate surface area is 206 Å². The van der Waals surface area contributed by atoms with Crippen molar-refractivity contribution in [2.24, 2.45) is 0 Å². The topological polar surface area (TPSA) is 105 Å². The summed E-state index contributed by atoms with van der Waals surface area (Å²) in [5.41, 5.74) is -1.88. The van der Waals surface area contributed by atoms with Gasteiger partial charge < -0.3 is 9.64 Å².